The summed E-state index contributed by atoms with van der Waals surface area (Å²) in [5.74, 6) is -0.208. The molecule has 0 fully saturated rings. The van der Waals surface area contributed by atoms with Gasteiger partial charge in [-0.05, 0) is 57.8 Å². The Balaban J connectivity index is 0. The van der Waals surface area contributed by atoms with Crippen LogP contribution in [-0.4, -0.2) is 24.3 Å². The highest BCUT2D eigenvalue weighted by molar-refractivity contribution is 5.65. The third-order valence-corrected chi connectivity index (χ3v) is 5.03. The zero-order valence-corrected chi connectivity index (χ0v) is 22.1. The average Bonchev–Trinajstić information content (AvgIpc) is 2.81. The number of aliphatic hydroxyl groups is 1. The highest BCUT2D eigenvalue weighted by Crippen LogP contribution is 2.05. The zero-order valence-electron chi connectivity index (χ0n) is 22.1. The van der Waals surface area contributed by atoms with Gasteiger partial charge in [0.25, 0.3) is 0 Å². The molecule has 0 aliphatic carbocycles. The Morgan fingerprint density at radius 3 is 1.67 bits per heavy atom. The molecule has 0 heterocycles. The molecule has 0 rings (SSSR count). The minimum atomic E-state index is -0.208. The van der Waals surface area contributed by atoms with E-state index in [9.17, 15) is 4.79 Å². The highest BCUT2D eigenvalue weighted by atomic mass is 16.5. The average molecular weight is 463 g/mol. The van der Waals surface area contributed by atoms with E-state index in [-0.39, 0.29) is 5.97 Å². The lowest BCUT2D eigenvalue weighted by atomic mass is 10.1. The summed E-state index contributed by atoms with van der Waals surface area (Å²) in [6.45, 7) is 6.72. The largest absolute Gasteiger partial charge is 0.466 e. The van der Waals surface area contributed by atoms with Crippen LogP contribution >= 0.6 is 0 Å². The standard InChI is InChI=1S/C16H30O.C14H24O2/c1-2-3-4-5-6-7-8-9-10-11-12-13-14-15-16-17;1-3-4-5-6-7-8-9-10-11-12-13-16-14(2)15/h5-6,9-10,17H,2-4,7-8,11-16H2,1H3;8-11H,3-7,12-13H2,1-2H3/b6-5+,10-9-;9-8-,11-10+. The van der Waals surface area contributed by atoms with Gasteiger partial charge in [-0.3, -0.25) is 4.79 Å². The van der Waals surface area contributed by atoms with E-state index in [0.717, 1.165) is 19.3 Å². The van der Waals surface area contributed by atoms with Crippen LogP contribution in [0.2, 0.25) is 0 Å². The summed E-state index contributed by atoms with van der Waals surface area (Å²) < 4.78 is 4.80. The summed E-state index contributed by atoms with van der Waals surface area (Å²) in [5, 5.41) is 8.62. The first-order valence-electron chi connectivity index (χ1n) is 13.5. The van der Waals surface area contributed by atoms with E-state index in [2.05, 4.69) is 50.3 Å². The number of hydrogen-bond donors (Lipinski definition) is 1. The molecule has 0 bridgehead atoms. The number of allylic oxidation sites excluding steroid dienone is 7. The van der Waals surface area contributed by atoms with E-state index < -0.39 is 0 Å². The first kappa shape index (κ1) is 33.6. The molecule has 0 atom stereocenters. The predicted octanol–water partition coefficient (Wildman–Crippen LogP) is 9.03. The summed E-state index contributed by atoms with van der Waals surface area (Å²) in [6.07, 6.45) is 36.8. The fourth-order valence-corrected chi connectivity index (χ4v) is 3.02. The molecule has 0 unspecified atom stereocenters. The fraction of sp³-hybridized carbons (Fsp3) is 0.700. The predicted molar refractivity (Wildman–Crippen MR) is 145 cm³/mol. The quantitative estimate of drug-likeness (QED) is 0.0800. The van der Waals surface area contributed by atoms with Crippen LogP contribution in [0.5, 0.6) is 0 Å². The monoisotopic (exact) mass is 462 g/mol. The van der Waals surface area contributed by atoms with Crippen molar-refractivity contribution in [1.82, 2.24) is 0 Å². The SMILES string of the molecule is CCCC/C=C/CC/C=C\CCCCCCO.CCCCCC/C=C\C=C\CCOC(C)=O. The molecule has 0 amide bonds. The molecule has 0 radical (unpaired) electrons. The van der Waals surface area contributed by atoms with Crippen LogP contribution in [0, 0.1) is 0 Å². The third kappa shape index (κ3) is 38.0. The Morgan fingerprint density at radius 2 is 1.09 bits per heavy atom. The summed E-state index contributed by atoms with van der Waals surface area (Å²) in [4.78, 5) is 10.4. The van der Waals surface area contributed by atoms with Crippen molar-refractivity contribution < 1.29 is 14.6 Å². The second-order valence-corrected chi connectivity index (χ2v) is 8.42. The van der Waals surface area contributed by atoms with Crippen LogP contribution in [0.25, 0.3) is 0 Å². The molecule has 0 saturated carbocycles. The molecule has 3 nitrogen and oxygen atoms in total. The van der Waals surface area contributed by atoms with Crippen molar-refractivity contribution in [3.63, 3.8) is 0 Å². The summed E-state index contributed by atoms with van der Waals surface area (Å²) in [7, 11) is 0. The molecule has 1 N–H and O–H groups in total. The van der Waals surface area contributed by atoms with Crippen molar-refractivity contribution in [3.05, 3.63) is 48.6 Å². The Labute approximate surface area is 206 Å². The molecule has 33 heavy (non-hydrogen) atoms. The van der Waals surface area contributed by atoms with Crippen LogP contribution in [0.3, 0.4) is 0 Å². The van der Waals surface area contributed by atoms with E-state index in [4.69, 9.17) is 9.84 Å². The summed E-state index contributed by atoms with van der Waals surface area (Å²) in [6, 6.07) is 0. The number of esters is 1. The van der Waals surface area contributed by atoms with E-state index in [1.54, 1.807) is 0 Å². The lowest BCUT2D eigenvalue weighted by molar-refractivity contribution is -0.140. The van der Waals surface area contributed by atoms with Gasteiger partial charge in [0.1, 0.15) is 0 Å². The van der Waals surface area contributed by atoms with Crippen LogP contribution < -0.4 is 0 Å². The number of carbonyl (C=O) groups is 1. The molecule has 0 saturated heterocycles. The highest BCUT2D eigenvalue weighted by Gasteiger charge is 1.88. The lowest BCUT2D eigenvalue weighted by Crippen LogP contribution is -1.98. The molecular formula is C30H54O3. The van der Waals surface area contributed by atoms with Crippen LogP contribution in [-0.2, 0) is 9.53 Å². The molecule has 0 aromatic heterocycles. The normalized spacial score (nSPS) is 11.6. The Bertz CT molecular complexity index is 489. The number of hydrogen-bond acceptors (Lipinski definition) is 3. The first-order valence-corrected chi connectivity index (χ1v) is 13.5. The van der Waals surface area contributed by atoms with Gasteiger partial charge in [-0.1, -0.05) is 107 Å². The number of unbranched alkanes of at least 4 members (excludes halogenated alkanes) is 11. The molecule has 0 aliphatic heterocycles. The van der Waals surface area contributed by atoms with Gasteiger partial charge in [-0.2, -0.15) is 0 Å². The van der Waals surface area contributed by atoms with Gasteiger partial charge in [-0.15, -0.1) is 0 Å². The maximum Gasteiger partial charge on any atom is 0.302 e. The van der Waals surface area contributed by atoms with Crippen molar-refractivity contribution in [2.24, 2.45) is 0 Å². The molecule has 0 aromatic carbocycles. The first-order chi connectivity index (χ1) is 16.2. The number of carbonyl (C=O) groups excluding carboxylic acids is 1. The van der Waals surface area contributed by atoms with Crippen molar-refractivity contribution in [2.75, 3.05) is 13.2 Å². The molecule has 192 valence electrons. The van der Waals surface area contributed by atoms with Gasteiger partial charge >= 0.3 is 5.97 Å². The summed E-state index contributed by atoms with van der Waals surface area (Å²) in [5.41, 5.74) is 0. The van der Waals surface area contributed by atoms with E-state index in [0.29, 0.717) is 13.2 Å². The van der Waals surface area contributed by atoms with Crippen LogP contribution in [0.1, 0.15) is 124 Å². The summed E-state index contributed by atoms with van der Waals surface area (Å²) >= 11 is 0. The third-order valence-electron chi connectivity index (χ3n) is 5.03. The van der Waals surface area contributed by atoms with Crippen molar-refractivity contribution in [2.45, 2.75) is 124 Å². The number of aliphatic hydroxyl groups excluding tert-OH is 1. The number of ether oxygens (including phenoxy) is 1. The topological polar surface area (TPSA) is 46.5 Å². The van der Waals surface area contributed by atoms with E-state index in [1.165, 1.54) is 90.4 Å². The van der Waals surface area contributed by atoms with Gasteiger partial charge in [0.05, 0.1) is 6.61 Å². The van der Waals surface area contributed by atoms with Crippen LogP contribution in [0.4, 0.5) is 0 Å². The second kappa shape index (κ2) is 32.6. The maximum atomic E-state index is 10.4. The van der Waals surface area contributed by atoms with E-state index >= 15 is 0 Å². The van der Waals surface area contributed by atoms with Crippen molar-refractivity contribution in [3.8, 4) is 0 Å². The molecule has 0 spiro atoms. The minimum Gasteiger partial charge on any atom is -0.466 e. The minimum absolute atomic E-state index is 0.208. The lowest BCUT2D eigenvalue weighted by Gasteiger charge is -1.95. The Hall–Kier alpha value is -1.61. The maximum absolute atomic E-state index is 10.4. The number of rotatable bonds is 21. The van der Waals surface area contributed by atoms with E-state index in [1.807, 2.05) is 12.2 Å². The Morgan fingerprint density at radius 1 is 0.606 bits per heavy atom. The van der Waals surface area contributed by atoms with Gasteiger partial charge in [0.15, 0.2) is 0 Å². The van der Waals surface area contributed by atoms with Crippen molar-refractivity contribution >= 4 is 5.97 Å². The van der Waals surface area contributed by atoms with Crippen molar-refractivity contribution in [1.29, 1.82) is 0 Å². The molecule has 0 aromatic rings. The Kier molecular flexibility index (Phi) is 33.1. The van der Waals surface area contributed by atoms with Gasteiger partial charge in [-0.25, -0.2) is 0 Å². The molecule has 0 aliphatic rings. The molecular weight excluding hydrogens is 408 g/mol. The van der Waals surface area contributed by atoms with Gasteiger partial charge in [0, 0.05) is 13.5 Å². The smallest absolute Gasteiger partial charge is 0.302 e. The van der Waals surface area contributed by atoms with Gasteiger partial charge in [0.2, 0.25) is 0 Å². The van der Waals surface area contributed by atoms with Gasteiger partial charge < -0.3 is 9.84 Å². The molecule has 3 heteroatoms. The van der Waals surface area contributed by atoms with Crippen LogP contribution in [0.15, 0.2) is 48.6 Å². The second-order valence-electron chi connectivity index (χ2n) is 8.42. The zero-order chi connectivity index (χ0) is 24.7. The fourth-order valence-electron chi connectivity index (χ4n) is 3.02.